The van der Waals surface area contributed by atoms with E-state index in [-0.39, 0.29) is 0 Å². The molecule has 2 heterocycles. The van der Waals surface area contributed by atoms with Gasteiger partial charge in [0.1, 0.15) is 0 Å². The van der Waals surface area contributed by atoms with Crippen LogP contribution in [0.5, 0.6) is 0 Å². The average molecular weight is 225 g/mol. The third-order valence-electron chi connectivity index (χ3n) is 2.89. The lowest BCUT2D eigenvalue weighted by Gasteiger charge is -2.22. The van der Waals surface area contributed by atoms with E-state index < -0.39 is 0 Å². The quantitative estimate of drug-likeness (QED) is 0.847. The molecule has 4 heteroatoms. The molecule has 1 saturated heterocycles. The second kappa shape index (κ2) is 5.03. The number of aromatic nitrogens is 2. The summed E-state index contributed by atoms with van der Waals surface area (Å²) in [6, 6.07) is 3.15. The van der Waals surface area contributed by atoms with Crippen molar-refractivity contribution >= 4 is 11.8 Å². The Kier molecular flexibility index (Phi) is 3.70. The molecule has 0 saturated carbocycles. The van der Waals surface area contributed by atoms with Gasteiger partial charge in [-0.1, -0.05) is 6.92 Å². The summed E-state index contributed by atoms with van der Waals surface area (Å²) in [7, 11) is 0. The van der Waals surface area contributed by atoms with Crippen molar-refractivity contribution in [2.45, 2.75) is 44.1 Å². The first-order chi connectivity index (χ1) is 7.25. The Balaban J connectivity index is 1.79. The predicted octanol–water partition coefficient (Wildman–Crippen LogP) is 1.76. The summed E-state index contributed by atoms with van der Waals surface area (Å²) in [5.41, 5.74) is 0. The first kappa shape index (κ1) is 11.0. The fourth-order valence-corrected chi connectivity index (χ4v) is 3.27. The van der Waals surface area contributed by atoms with Crippen LogP contribution >= 0.6 is 11.8 Å². The minimum absolute atomic E-state index is 0.496. The van der Waals surface area contributed by atoms with Crippen LogP contribution in [0.2, 0.25) is 0 Å². The normalized spacial score (nSPS) is 28.1. The van der Waals surface area contributed by atoms with Crippen molar-refractivity contribution < 1.29 is 0 Å². The van der Waals surface area contributed by atoms with Gasteiger partial charge in [0, 0.05) is 29.7 Å². The number of thioether (sulfide) groups is 1. The van der Waals surface area contributed by atoms with Crippen LogP contribution in [0.15, 0.2) is 18.5 Å². The van der Waals surface area contributed by atoms with Crippen LogP contribution in [0.25, 0.3) is 0 Å². The van der Waals surface area contributed by atoms with Gasteiger partial charge in [0.2, 0.25) is 0 Å². The second-order valence-corrected chi connectivity index (χ2v) is 5.75. The lowest BCUT2D eigenvalue weighted by molar-refractivity contribution is 0.393. The third kappa shape index (κ3) is 2.98. The van der Waals surface area contributed by atoms with Crippen molar-refractivity contribution in [2.75, 3.05) is 5.75 Å². The highest BCUT2D eigenvalue weighted by Crippen LogP contribution is 2.26. The number of hydrogen-bond donors (Lipinski definition) is 1. The fourth-order valence-electron chi connectivity index (χ4n) is 2.06. The molecule has 3 atom stereocenters. The van der Waals surface area contributed by atoms with Crippen molar-refractivity contribution in [3.63, 3.8) is 0 Å². The van der Waals surface area contributed by atoms with Gasteiger partial charge in [0.15, 0.2) is 0 Å². The van der Waals surface area contributed by atoms with Gasteiger partial charge in [0.25, 0.3) is 0 Å². The molecule has 84 valence electrons. The lowest BCUT2D eigenvalue weighted by Crippen LogP contribution is -2.41. The topological polar surface area (TPSA) is 29.9 Å². The maximum Gasteiger partial charge on any atom is 0.0560 e. The largest absolute Gasteiger partial charge is 0.309 e. The van der Waals surface area contributed by atoms with Crippen LogP contribution in [-0.4, -0.2) is 32.9 Å². The van der Waals surface area contributed by atoms with Gasteiger partial charge in [-0.2, -0.15) is 16.9 Å². The molecule has 0 spiro atoms. The molecule has 1 aromatic rings. The summed E-state index contributed by atoms with van der Waals surface area (Å²) in [5, 5.41) is 8.66. The number of nitrogens with one attached hydrogen (secondary N) is 1. The SMILES string of the molecule is CC(Cn1cccn1)NC1CCSC1C. The van der Waals surface area contributed by atoms with Crippen LogP contribution in [-0.2, 0) is 6.54 Å². The number of rotatable bonds is 4. The van der Waals surface area contributed by atoms with Crippen molar-refractivity contribution in [2.24, 2.45) is 0 Å². The zero-order chi connectivity index (χ0) is 10.7. The first-order valence-electron chi connectivity index (χ1n) is 5.61. The van der Waals surface area contributed by atoms with Gasteiger partial charge in [-0.3, -0.25) is 4.68 Å². The monoisotopic (exact) mass is 225 g/mol. The summed E-state index contributed by atoms with van der Waals surface area (Å²) in [4.78, 5) is 0. The Labute approximate surface area is 95.6 Å². The zero-order valence-corrected chi connectivity index (χ0v) is 10.2. The van der Waals surface area contributed by atoms with E-state index in [0.717, 1.165) is 11.8 Å². The van der Waals surface area contributed by atoms with E-state index in [1.54, 1.807) is 0 Å². The molecule has 3 nitrogen and oxygen atoms in total. The minimum atomic E-state index is 0.496. The van der Waals surface area contributed by atoms with Gasteiger partial charge in [0.05, 0.1) is 6.54 Å². The Morgan fingerprint density at radius 2 is 2.53 bits per heavy atom. The lowest BCUT2D eigenvalue weighted by atomic mass is 10.1. The van der Waals surface area contributed by atoms with E-state index in [4.69, 9.17) is 0 Å². The van der Waals surface area contributed by atoms with Gasteiger partial charge < -0.3 is 5.32 Å². The van der Waals surface area contributed by atoms with E-state index in [1.165, 1.54) is 12.2 Å². The molecule has 0 aliphatic carbocycles. The van der Waals surface area contributed by atoms with E-state index in [0.29, 0.717) is 12.1 Å². The number of nitrogens with zero attached hydrogens (tertiary/aromatic N) is 2. The second-order valence-electron chi connectivity index (χ2n) is 4.27. The third-order valence-corrected chi connectivity index (χ3v) is 4.22. The molecular formula is C11H19N3S. The molecule has 3 unspecified atom stereocenters. The summed E-state index contributed by atoms with van der Waals surface area (Å²) < 4.78 is 1.99. The minimum Gasteiger partial charge on any atom is -0.309 e. The van der Waals surface area contributed by atoms with Crippen LogP contribution < -0.4 is 5.32 Å². The molecule has 0 amide bonds. The molecule has 0 radical (unpaired) electrons. The molecule has 1 aliphatic heterocycles. The van der Waals surface area contributed by atoms with E-state index in [2.05, 4.69) is 36.0 Å². The molecule has 15 heavy (non-hydrogen) atoms. The van der Waals surface area contributed by atoms with Gasteiger partial charge >= 0.3 is 0 Å². The Hall–Kier alpha value is -0.480. The van der Waals surface area contributed by atoms with Crippen LogP contribution in [0, 0.1) is 0 Å². The van der Waals surface area contributed by atoms with Crippen LogP contribution in [0.1, 0.15) is 20.3 Å². The van der Waals surface area contributed by atoms with Crippen LogP contribution in [0.3, 0.4) is 0 Å². The molecular weight excluding hydrogens is 206 g/mol. The fraction of sp³-hybridized carbons (Fsp3) is 0.727. The molecule has 2 rings (SSSR count). The molecule has 1 aliphatic rings. The zero-order valence-electron chi connectivity index (χ0n) is 9.39. The van der Waals surface area contributed by atoms with Crippen molar-refractivity contribution in [3.8, 4) is 0 Å². The number of hydrogen-bond acceptors (Lipinski definition) is 3. The summed E-state index contributed by atoms with van der Waals surface area (Å²) in [6.45, 7) is 5.51. The summed E-state index contributed by atoms with van der Waals surface area (Å²) in [5.74, 6) is 1.30. The van der Waals surface area contributed by atoms with Gasteiger partial charge in [-0.05, 0) is 25.2 Å². The highest BCUT2D eigenvalue weighted by Gasteiger charge is 2.24. The predicted molar refractivity (Wildman–Crippen MR) is 65.1 cm³/mol. The summed E-state index contributed by atoms with van der Waals surface area (Å²) in [6.07, 6.45) is 5.15. The maximum atomic E-state index is 4.22. The van der Waals surface area contributed by atoms with Gasteiger partial charge in [-0.25, -0.2) is 0 Å². The highest BCUT2D eigenvalue weighted by atomic mass is 32.2. The Morgan fingerprint density at radius 1 is 1.67 bits per heavy atom. The maximum absolute atomic E-state index is 4.22. The van der Waals surface area contributed by atoms with Crippen molar-refractivity contribution in [3.05, 3.63) is 18.5 Å². The standard InChI is InChI=1S/C11H19N3S/c1-9(8-14-6-3-5-12-14)13-11-4-7-15-10(11)2/h3,5-6,9-11,13H,4,7-8H2,1-2H3. The molecule has 0 bridgehead atoms. The van der Waals surface area contributed by atoms with Gasteiger partial charge in [-0.15, -0.1) is 0 Å². The Bertz CT molecular complexity index is 286. The smallest absolute Gasteiger partial charge is 0.0560 e. The van der Waals surface area contributed by atoms with E-state index in [9.17, 15) is 0 Å². The molecule has 0 aromatic carbocycles. The van der Waals surface area contributed by atoms with E-state index in [1.807, 2.05) is 23.1 Å². The molecule has 1 fully saturated rings. The van der Waals surface area contributed by atoms with Crippen molar-refractivity contribution in [1.82, 2.24) is 15.1 Å². The molecule has 1 N–H and O–H groups in total. The average Bonchev–Trinajstić information content (AvgIpc) is 2.79. The molecule has 1 aromatic heterocycles. The van der Waals surface area contributed by atoms with E-state index >= 15 is 0 Å². The summed E-state index contributed by atoms with van der Waals surface area (Å²) >= 11 is 2.07. The first-order valence-corrected chi connectivity index (χ1v) is 6.65. The van der Waals surface area contributed by atoms with Crippen molar-refractivity contribution in [1.29, 1.82) is 0 Å². The highest BCUT2D eigenvalue weighted by molar-refractivity contribution is 8.00. The Morgan fingerprint density at radius 3 is 3.13 bits per heavy atom. The van der Waals surface area contributed by atoms with Crippen LogP contribution in [0.4, 0.5) is 0 Å².